The number of carbonyl (C=O) groups is 2. The zero-order valence-electron chi connectivity index (χ0n) is 14.7. The minimum absolute atomic E-state index is 0.0103. The van der Waals surface area contributed by atoms with Crippen molar-refractivity contribution in [2.45, 2.75) is 58.5 Å². The van der Waals surface area contributed by atoms with Crippen LogP contribution < -0.4 is 16.4 Å². The maximum absolute atomic E-state index is 12.3. The maximum Gasteiger partial charge on any atom is 0.227 e. The highest BCUT2D eigenvalue weighted by atomic mass is 16.2. The zero-order chi connectivity index (χ0) is 17.5. The molecule has 1 aliphatic rings. The number of hydrogen-bond donors (Lipinski definition) is 3. The van der Waals surface area contributed by atoms with E-state index in [1.807, 2.05) is 38.1 Å². The van der Waals surface area contributed by atoms with E-state index >= 15 is 0 Å². The van der Waals surface area contributed by atoms with Gasteiger partial charge in [0, 0.05) is 30.1 Å². The lowest BCUT2D eigenvalue weighted by Gasteiger charge is -2.25. The van der Waals surface area contributed by atoms with Gasteiger partial charge in [-0.05, 0) is 43.4 Å². The van der Waals surface area contributed by atoms with Crippen molar-refractivity contribution >= 4 is 17.5 Å². The van der Waals surface area contributed by atoms with Crippen LogP contribution in [0, 0.1) is 11.8 Å². The van der Waals surface area contributed by atoms with E-state index in [0.29, 0.717) is 6.54 Å². The first kappa shape index (κ1) is 18.5. The van der Waals surface area contributed by atoms with Crippen molar-refractivity contribution in [1.82, 2.24) is 5.32 Å². The quantitative estimate of drug-likeness (QED) is 0.749. The van der Waals surface area contributed by atoms with Crippen molar-refractivity contribution in [3.05, 3.63) is 29.8 Å². The molecule has 1 aromatic carbocycles. The topological polar surface area (TPSA) is 84.2 Å². The summed E-state index contributed by atoms with van der Waals surface area (Å²) in [5.41, 5.74) is 7.70. The molecule has 132 valence electrons. The Balaban J connectivity index is 1.87. The summed E-state index contributed by atoms with van der Waals surface area (Å²) < 4.78 is 0. The van der Waals surface area contributed by atoms with Crippen LogP contribution in [0.25, 0.3) is 0 Å². The smallest absolute Gasteiger partial charge is 0.227 e. The van der Waals surface area contributed by atoms with Crippen LogP contribution in [0.15, 0.2) is 24.3 Å². The molecule has 3 unspecified atom stereocenters. The van der Waals surface area contributed by atoms with Crippen molar-refractivity contribution < 1.29 is 9.59 Å². The molecule has 0 aliphatic heterocycles. The summed E-state index contributed by atoms with van der Waals surface area (Å²) in [4.78, 5) is 24.2. The van der Waals surface area contributed by atoms with Gasteiger partial charge in [0.2, 0.25) is 11.8 Å². The molecule has 2 rings (SSSR count). The number of benzene rings is 1. The predicted octanol–water partition coefficient (Wildman–Crippen LogP) is 2.80. The Kier molecular flexibility index (Phi) is 6.79. The van der Waals surface area contributed by atoms with Crippen molar-refractivity contribution in [1.29, 1.82) is 0 Å². The molecular weight excluding hydrogens is 302 g/mol. The molecule has 5 nitrogen and oxygen atoms in total. The van der Waals surface area contributed by atoms with Crippen LogP contribution in [0.5, 0.6) is 0 Å². The molecule has 0 bridgehead atoms. The van der Waals surface area contributed by atoms with Gasteiger partial charge in [0.15, 0.2) is 0 Å². The molecule has 1 saturated carbocycles. The third-order valence-corrected chi connectivity index (χ3v) is 4.81. The van der Waals surface area contributed by atoms with Gasteiger partial charge in [0.1, 0.15) is 0 Å². The van der Waals surface area contributed by atoms with E-state index < -0.39 is 0 Å². The lowest BCUT2D eigenvalue weighted by molar-refractivity contribution is -0.126. The Labute approximate surface area is 144 Å². The first-order chi connectivity index (χ1) is 11.5. The Hall–Kier alpha value is -1.88. The van der Waals surface area contributed by atoms with Gasteiger partial charge in [-0.15, -0.1) is 0 Å². The third-order valence-electron chi connectivity index (χ3n) is 4.81. The van der Waals surface area contributed by atoms with Crippen LogP contribution in [0.2, 0.25) is 0 Å². The van der Waals surface area contributed by atoms with Crippen LogP contribution in [-0.4, -0.2) is 17.9 Å². The standard InChI is InChI=1S/C19H29N3O2/c1-3-13(2)18(23)22-17-9-4-6-14(10-17)12-21-19(24)15-7-5-8-16(20)11-15/h4,6,9-10,13,15-16H,3,5,7-8,11-12,20H2,1-2H3,(H,21,24)(H,22,23). The fourth-order valence-electron chi connectivity index (χ4n) is 3.01. The zero-order valence-corrected chi connectivity index (χ0v) is 14.7. The molecule has 0 aromatic heterocycles. The summed E-state index contributed by atoms with van der Waals surface area (Å²) in [6.45, 7) is 4.37. The summed E-state index contributed by atoms with van der Waals surface area (Å²) in [6, 6.07) is 7.77. The Morgan fingerprint density at radius 2 is 2.12 bits per heavy atom. The van der Waals surface area contributed by atoms with E-state index in [0.717, 1.165) is 43.4 Å². The van der Waals surface area contributed by atoms with Gasteiger partial charge in [-0.1, -0.05) is 32.4 Å². The molecule has 2 amide bonds. The number of hydrogen-bond acceptors (Lipinski definition) is 3. The molecule has 5 heteroatoms. The van der Waals surface area contributed by atoms with E-state index in [-0.39, 0.29) is 29.7 Å². The summed E-state index contributed by atoms with van der Waals surface area (Å²) in [5.74, 6) is 0.125. The normalized spacial score (nSPS) is 21.8. The Morgan fingerprint density at radius 1 is 1.33 bits per heavy atom. The SMILES string of the molecule is CCC(C)C(=O)Nc1cccc(CNC(=O)C2CCCC(N)C2)c1. The van der Waals surface area contributed by atoms with Crippen molar-refractivity contribution in [2.24, 2.45) is 17.6 Å². The van der Waals surface area contributed by atoms with Crippen molar-refractivity contribution in [3.8, 4) is 0 Å². The van der Waals surface area contributed by atoms with Crippen LogP contribution in [0.1, 0.15) is 51.5 Å². The molecule has 0 radical (unpaired) electrons. The van der Waals surface area contributed by atoms with Crippen molar-refractivity contribution in [2.75, 3.05) is 5.32 Å². The monoisotopic (exact) mass is 331 g/mol. The lowest BCUT2D eigenvalue weighted by Crippen LogP contribution is -2.37. The minimum Gasteiger partial charge on any atom is -0.352 e. The lowest BCUT2D eigenvalue weighted by atomic mass is 9.85. The van der Waals surface area contributed by atoms with E-state index in [1.54, 1.807) is 0 Å². The number of carbonyl (C=O) groups excluding carboxylic acids is 2. The molecule has 1 aliphatic carbocycles. The fraction of sp³-hybridized carbons (Fsp3) is 0.579. The largest absolute Gasteiger partial charge is 0.352 e. The molecule has 1 aromatic rings. The van der Waals surface area contributed by atoms with E-state index in [2.05, 4.69) is 10.6 Å². The Bertz CT molecular complexity index is 573. The summed E-state index contributed by atoms with van der Waals surface area (Å²) >= 11 is 0. The van der Waals surface area contributed by atoms with Crippen LogP contribution in [-0.2, 0) is 16.1 Å². The molecule has 0 heterocycles. The third kappa shape index (κ3) is 5.34. The van der Waals surface area contributed by atoms with Gasteiger partial charge in [-0.2, -0.15) is 0 Å². The fourth-order valence-corrected chi connectivity index (χ4v) is 3.01. The maximum atomic E-state index is 12.3. The summed E-state index contributed by atoms with van der Waals surface area (Å²) in [6.07, 6.45) is 4.55. The highest BCUT2D eigenvalue weighted by Crippen LogP contribution is 2.23. The van der Waals surface area contributed by atoms with Crippen LogP contribution in [0.3, 0.4) is 0 Å². The van der Waals surface area contributed by atoms with Gasteiger partial charge in [-0.3, -0.25) is 9.59 Å². The molecule has 3 atom stereocenters. The van der Waals surface area contributed by atoms with Gasteiger partial charge >= 0.3 is 0 Å². The molecule has 0 spiro atoms. The molecule has 1 fully saturated rings. The van der Waals surface area contributed by atoms with E-state index in [9.17, 15) is 9.59 Å². The predicted molar refractivity (Wildman–Crippen MR) is 96.3 cm³/mol. The molecular formula is C19H29N3O2. The second kappa shape index (κ2) is 8.83. The average Bonchev–Trinajstić information content (AvgIpc) is 2.59. The summed E-state index contributed by atoms with van der Waals surface area (Å²) in [5, 5.41) is 5.92. The van der Waals surface area contributed by atoms with Crippen LogP contribution in [0.4, 0.5) is 5.69 Å². The highest BCUT2D eigenvalue weighted by molar-refractivity contribution is 5.92. The van der Waals surface area contributed by atoms with Crippen molar-refractivity contribution in [3.63, 3.8) is 0 Å². The second-order valence-corrected chi connectivity index (χ2v) is 6.84. The van der Waals surface area contributed by atoms with Gasteiger partial charge in [0.05, 0.1) is 0 Å². The van der Waals surface area contributed by atoms with Gasteiger partial charge in [0.25, 0.3) is 0 Å². The summed E-state index contributed by atoms with van der Waals surface area (Å²) in [7, 11) is 0. The van der Waals surface area contributed by atoms with Gasteiger partial charge < -0.3 is 16.4 Å². The number of rotatable bonds is 6. The first-order valence-electron chi connectivity index (χ1n) is 8.92. The van der Waals surface area contributed by atoms with Gasteiger partial charge in [-0.25, -0.2) is 0 Å². The number of anilines is 1. The average molecular weight is 331 g/mol. The molecule has 24 heavy (non-hydrogen) atoms. The second-order valence-electron chi connectivity index (χ2n) is 6.84. The molecule has 4 N–H and O–H groups in total. The van der Waals surface area contributed by atoms with E-state index in [4.69, 9.17) is 5.73 Å². The molecule has 0 saturated heterocycles. The first-order valence-corrected chi connectivity index (χ1v) is 8.92. The van der Waals surface area contributed by atoms with E-state index in [1.165, 1.54) is 0 Å². The number of nitrogens with two attached hydrogens (primary N) is 1. The van der Waals surface area contributed by atoms with Crippen LogP contribution >= 0.6 is 0 Å². The highest BCUT2D eigenvalue weighted by Gasteiger charge is 2.24. The minimum atomic E-state index is -0.0103. The number of amides is 2. The number of nitrogens with one attached hydrogen (secondary N) is 2. The Morgan fingerprint density at radius 3 is 2.83 bits per heavy atom.